The molecular formula is C30H39N. The molecule has 0 radical (unpaired) electrons. The summed E-state index contributed by atoms with van der Waals surface area (Å²) < 4.78 is 0. The van der Waals surface area contributed by atoms with Gasteiger partial charge in [0.2, 0.25) is 0 Å². The van der Waals surface area contributed by atoms with Gasteiger partial charge in [0.25, 0.3) is 0 Å². The van der Waals surface area contributed by atoms with Gasteiger partial charge in [-0.1, -0.05) is 87.9 Å². The van der Waals surface area contributed by atoms with Crippen molar-refractivity contribution in [2.24, 2.45) is 17.8 Å². The SMILES string of the molecule is C[C@H](CC1CCC(CCC2CCC(c3ccc(C#N)cc3)CC2)CC1)c1ccccc1. The predicted molar refractivity (Wildman–Crippen MR) is 130 cm³/mol. The summed E-state index contributed by atoms with van der Waals surface area (Å²) in [7, 11) is 0. The molecule has 0 aromatic heterocycles. The van der Waals surface area contributed by atoms with Crippen LogP contribution in [0.5, 0.6) is 0 Å². The van der Waals surface area contributed by atoms with Crippen molar-refractivity contribution in [2.45, 2.75) is 89.4 Å². The molecule has 164 valence electrons. The van der Waals surface area contributed by atoms with Crippen LogP contribution in [0.4, 0.5) is 0 Å². The third kappa shape index (κ3) is 6.22. The maximum atomic E-state index is 8.99. The summed E-state index contributed by atoms with van der Waals surface area (Å²) in [5.74, 6) is 4.29. The molecule has 2 aliphatic rings. The maximum Gasteiger partial charge on any atom is 0.0991 e. The third-order valence-corrected chi connectivity index (χ3v) is 8.36. The molecule has 2 aromatic rings. The van der Waals surface area contributed by atoms with Crippen LogP contribution in [0, 0.1) is 29.1 Å². The van der Waals surface area contributed by atoms with Crippen molar-refractivity contribution in [3.05, 3.63) is 71.3 Å². The van der Waals surface area contributed by atoms with Gasteiger partial charge in [0.05, 0.1) is 11.6 Å². The molecule has 0 spiro atoms. The van der Waals surface area contributed by atoms with Crippen LogP contribution < -0.4 is 0 Å². The lowest BCUT2D eigenvalue weighted by molar-refractivity contribution is 0.220. The standard InChI is InChI=1S/C30H39N/c1-23(28-5-3-2-4-6-28)21-26-11-9-24(10-12-26)7-8-25-13-17-29(18-14-25)30-19-15-27(22-31)16-20-30/h2-6,15-16,19-20,23-26,29H,7-14,17-18,21H2,1H3/t23-,24?,25?,26?,29?/m1/s1. The topological polar surface area (TPSA) is 23.8 Å². The van der Waals surface area contributed by atoms with Crippen molar-refractivity contribution in [1.82, 2.24) is 0 Å². The fraction of sp³-hybridized carbons (Fsp3) is 0.567. The summed E-state index contributed by atoms with van der Waals surface area (Å²) in [6, 6.07) is 21.6. The maximum absolute atomic E-state index is 8.99. The first-order valence-electron chi connectivity index (χ1n) is 12.8. The Kier molecular flexibility index (Phi) is 7.85. The molecule has 2 aromatic carbocycles. The van der Waals surface area contributed by atoms with Gasteiger partial charge in [0, 0.05) is 0 Å². The van der Waals surface area contributed by atoms with Crippen LogP contribution in [0.2, 0.25) is 0 Å². The van der Waals surface area contributed by atoms with Crippen LogP contribution >= 0.6 is 0 Å². The van der Waals surface area contributed by atoms with E-state index >= 15 is 0 Å². The molecule has 0 unspecified atom stereocenters. The lowest BCUT2D eigenvalue weighted by Gasteiger charge is -2.33. The quantitative estimate of drug-likeness (QED) is 0.445. The van der Waals surface area contributed by atoms with Crippen LogP contribution in [0.3, 0.4) is 0 Å². The number of rotatable bonds is 7. The van der Waals surface area contributed by atoms with Gasteiger partial charge in [-0.15, -0.1) is 0 Å². The highest BCUT2D eigenvalue weighted by molar-refractivity contribution is 5.33. The highest BCUT2D eigenvalue weighted by atomic mass is 14.3. The first kappa shape index (κ1) is 22.1. The van der Waals surface area contributed by atoms with E-state index in [0.29, 0.717) is 11.8 Å². The molecule has 0 saturated heterocycles. The Morgan fingerprint density at radius 3 is 1.87 bits per heavy atom. The molecular weight excluding hydrogens is 374 g/mol. The summed E-state index contributed by atoms with van der Waals surface area (Å²) in [6.07, 6.45) is 15.6. The number of hydrogen-bond donors (Lipinski definition) is 0. The molecule has 0 aliphatic heterocycles. The molecule has 0 amide bonds. The molecule has 2 fully saturated rings. The second-order valence-electron chi connectivity index (χ2n) is 10.5. The summed E-state index contributed by atoms with van der Waals surface area (Å²) in [4.78, 5) is 0. The first-order chi connectivity index (χ1) is 15.2. The second kappa shape index (κ2) is 11.0. The Labute approximate surface area is 189 Å². The van der Waals surface area contributed by atoms with Crippen molar-refractivity contribution in [1.29, 1.82) is 5.26 Å². The fourth-order valence-corrected chi connectivity index (χ4v) is 6.26. The minimum atomic E-state index is 0.703. The Bertz CT molecular complexity index is 815. The van der Waals surface area contributed by atoms with Crippen LogP contribution in [-0.4, -0.2) is 0 Å². The second-order valence-corrected chi connectivity index (χ2v) is 10.5. The summed E-state index contributed by atoms with van der Waals surface area (Å²) in [5, 5.41) is 8.99. The van der Waals surface area contributed by atoms with Gasteiger partial charge in [0.1, 0.15) is 0 Å². The average Bonchev–Trinajstić information content (AvgIpc) is 2.84. The molecule has 4 rings (SSSR count). The fourth-order valence-electron chi connectivity index (χ4n) is 6.26. The molecule has 1 atom stereocenters. The lowest BCUT2D eigenvalue weighted by atomic mass is 9.73. The van der Waals surface area contributed by atoms with E-state index in [4.69, 9.17) is 5.26 Å². The molecule has 31 heavy (non-hydrogen) atoms. The van der Waals surface area contributed by atoms with Gasteiger partial charge >= 0.3 is 0 Å². The van der Waals surface area contributed by atoms with Crippen molar-refractivity contribution in [3.8, 4) is 6.07 Å². The van der Waals surface area contributed by atoms with E-state index in [0.717, 1.165) is 23.3 Å². The van der Waals surface area contributed by atoms with Crippen molar-refractivity contribution < 1.29 is 0 Å². The Hall–Kier alpha value is -2.07. The van der Waals surface area contributed by atoms with Crippen LogP contribution in [0.15, 0.2) is 54.6 Å². The number of nitriles is 1. The number of benzene rings is 2. The molecule has 1 heteroatoms. The van der Waals surface area contributed by atoms with E-state index in [2.05, 4.69) is 55.5 Å². The van der Waals surface area contributed by atoms with Gasteiger partial charge in [-0.05, 0) is 85.0 Å². The van der Waals surface area contributed by atoms with Gasteiger partial charge in [-0.2, -0.15) is 5.26 Å². The zero-order valence-electron chi connectivity index (χ0n) is 19.3. The van der Waals surface area contributed by atoms with E-state index in [9.17, 15) is 0 Å². The van der Waals surface area contributed by atoms with Gasteiger partial charge in [-0.3, -0.25) is 0 Å². The van der Waals surface area contributed by atoms with Gasteiger partial charge < -0.3 is 0 Å². The number of nitrogens with zero attached hydrogens (tertiary/aromatic N) is 1. The first-order valence-corrected chi connectivity index (χ1v) is 12.8. The highest BCUT2D eigenvalue weighted by Crippen LogP contribution is 2.41. The van der Waals surface area contributed by atoms with Gasteiger partial charge in [0.15, 0.2) is 0 Å². The smallest absolute Gasteiger partial charge is 0.0991 e. The minimum Gasteiger partial charge on any atom is -0.192 e. The molecule has 2 aliphatic carbocycles. The molecule has 1 nitrogen and oxygen atoms in total. The number of hydrogen-bond acceptors (Lipinski definition) is 1. The summed E-state index contributed by atoms with van der Waals surface area (Å²) >= 11 is 0. The minimum absolute atomic E-state index is 0.703. The highest BCUT2D eigenvalue weighted by Gasteiger charge is 2.26. The third-order valence-electron chi connectivity index (χ3n) is 8.36. The zero-order chi connectivity index (χ0) is 21.5. The Balaban J connectivity index is 1.13. The van der Waals surface area contributed by atoms with Crippen LogP contribution in [0.1, 0.15) is 106 Å². The van der Waals surface area contributed by atoms with E-state index in [1.165, 1.54) is 81.8 Å². The van der Waals surface area contributed by atoms with Crippen LogP contribution in [-0.2, 0) is 0 Å². The Morgan fingerprint density at radius 1 is 0.742 bits per heavy atom. The molecule has 2 saturated carbocycles. The average molecular weight is 414 g/mol. The van der Waals surface area contributed by atoms with Crippen molar-refractivity contribution >= 4 is 0 Å². The normalized spacial score (nSPS) is 27.4. The molecule has 0 heterocycles. The van der Waals surface area contributed by atoms with E-state index in [1.807, 2.05) is 12.1 Å². The Morgan fingerprint density at radius 2 is 1.29 bits per heavy atom. The molecule has 0 N–H and O–H groups in total. The lowest BCUT2D eigenvalue weighted by Crippen LogP contribution is -2.18. The predicted octanol–water partition coefficient (Wildman–Crippen LogP) is 8.61. The van der Waals surface area contributed by atoms with E-state index in [-0.39, 0.29) is 0 Å². The van der Waals surface area contributed by atoms with E-state index < -0.39 is 0 Å². The summed E-state index contributed by atoms with van der Waals surface area (Å²) in [5.41, 5.74) is 3.74. The largest absolute Gasteiger partial charge is 0.192 e. The monoisotopic (exact) mass is 413 g/mol. The van der Waals surface area contributed by atoms with Crippen LogP contribution in [0.25, 0.3) is 0 Å². The zero-order valence-corrected chi connectivity index (χ0v) is 19.3. The molecule has 0 bridgehead atoms. The van der Waals surface area contributed by atoms with E-state index in [1.54, 1.807) is 0 Å². The van der Waals surface area contributed by atoms with Crippen molar-refractivity contribution in [2.75, 3.05) is 0 Å². The van der Waals surface area contributed by atoms with Crippen molar-refractivity contribution in [3.63, 3.8) is 0 Å². The van der Waals surface area contributed by atoms with Gasteiger partial charge in [-0.25, -0.2) is 0 Å². The summed E-state index contributed by atoms with van der Waals surface area (Å²) in [6.45, 7) is 2.41.